The molecule has 0 spiro atoms. The van der Waals surface area contributed by atoms with Crippen LogP contribution in [0.3, 0.4) is 0 Å². The summed E-state index contributed by atoms with van der Waals surface area (Å²) in [6.45, 7) is 11.4. The first-order valence-corrected chi connectivity index (χ1v) is 17.9. The van der Waals surface area contributed by atoms with E-state index in [4.69, 9.17) is 4.74 Å². The molecule has 0 heterocycles. The minimum Gasteiger partial charge on any atom is -0.466 e. The number of carbonyl (C=O) groups excluding carboxylic acids is 1. The molecule has 0 unspecified atom stereocenters. The van der Waals surface area contributed by atoms with Gasteiger partial charge in [-0.15, -0.1) is 7.92 Å². The summed E-state index contributed by atoms with van der Waals surface area (Å²) in [6, 6.07) is 0. The van der Waals surface area contributed by atoms with E-state index in [1.165, 1.54) is 116 Å². The van der Waals surface area contributed by atoms with Gasteiger partial charge in [-0.05, 0) is 51.1 Å². The molecule has 0 rings (SSSR count). The number of esters is 1. The number of unbranched alkanes of at least 4 members (excludes halogenated alkanes) is 17. The summed E-state index contributed by atoms with van der Waals surface area (Å²) < 4.78 is 4.75. The molecule has 0 saturated carbocycles. The van der Waals surface area contributed by atoms with Crippen LogP contribution in [-0.2, 0) is 9.53 Å². The third-order valence-electron chi connectivity index (χ3n) is 6.77. The van der Waals surface area contributed by atoms with Crippen LogP contribution in [0.1, 0.15) is 176 Å². The smallest absolute Gasteiger partial charge is 0.305 e. The van der Waals surface area contributed by atoms with Crippen molar-refractivity contribution in [2.45, 2.75) is 176 Å². The first kappa shape index (κ1) is 37.1. The molecule has 0 amide bonds. The molecular formula is C32H67O2P. The molecule has 0 aliphatic carbocycles. The minimum atomic E-state index is -0.0593. The van der Waals surface area contributed by atoms with Gasteiger partial charge in [-0.1, -0.05) is 137 Å². The normalized spacial score (nSPS) is 10.9. The van der Waals surface area contributed by atoms with Crippen molar-refractivity contribution < 1.29 is 9.53 Å². The molecule has 0 atom stereocenters. The Morgan fingerprint density at radius 3 is 1.11 bits per heavy atom. The van der Waals surface area contributed by atoms with Crippen LogP contribution in [0.2, 0.25) is 0 Å². The maximum atomic E-state index is 10.7. The maximum Gasteiger partial charge on any atom is 0.305 e. The van der Waals surface area contributed by atoms with Crippen LogP contribution < -0.4 is 0 Å². The summed E-state index contributed by atoms with van der Waals surface area (Å²) in [7, 11) is 0.366. The minimum absolute atomic E-state index is 0.0593. The Morgan fingerprint density at radius 1 is 0.457 bits per heavy atom. The first-order chi connectivity index (χ1) is 17.2. The topological polar surface area (TPSA) is 26.3 Å². The predicted octanol–water partition coefficient (Wildman–Crippen LogP) is 11.7. The molecule has 0 aromatic carbocycles. The first-order valence-electron chi connectivity index (χ1n) is 16.0. The Kier molecular flexibility index (Phi) is 35.9. The summed E-state index contributed by atoms with van der Waals surface area (Å²) >= 11 is 0. The van der Waals surface area contributed by atoms with Crippen LogP contribution in [0.15, 0.2) is 0 Å². The van der Waals surface area contributed by atoms with Crippen LogP contribution in [0.25, 0.3) is 0 Å². The highest BCUT2D eigenvalue weighted by atomic mass is 31.1. The fraction of sp³-hybridized carbons (Fsp3) is 0.969. The molecule has 0 aromatic heterocycles. The highest BCUT2D eigenvalue weighted by Gasteiger charge is 2.08. The van der Waals surface area contributed by atoms with Crippen LogP contribution in [0.4, 0.5) is 0 Å². The summed E-state index contributed by atoms with van der Waals surface area (Å²) in [5.41, 5.74) is 0. The SMILES string of the molecule is CCCCCC(=O)OCC.CCCCCCCCP(CCCCCCCC)CCCCCCCC. The van der Waals surface area contributed by atoms with E-state index in [1.807, 2.05) is 6.92 Å². The molecule has 0 aliphatic rings. The molecule has 35 heavy (non-hydrogen) atoms. The van der Waals surface area contributed by atoms with E-state index in [2.05, 4.69) is 27.7 Å². The highest BCUT2D eigenvalue weighted by molar-refractivity contribution is 7.57. The lowest BCUT2D eigenvalue weighted by atomic mass is 10.1. The van der Waals surface area contributed by atoms with E-state index in [9.17, 15) is 4.79 Å². The number of carbonyl (C=O) groups is 1. The molecule has 0 N–H and O–H groups in total. The maximum absolute atomic E-state index is 10.7. The van der Waals surface area contributed by atoms with E-state index in [0.717, 1.165) is 19.3 Å². The average molecular weight is 515 g/mol. The quantitative estimate of drug-likeness (QED) is 0.0651. The fourth-order valence-electron chi connectivity index (χ4n) is 4.44. The Hall–Kier alpha value is -0.100. The van der Waals surface area contributed by atoms with E-state index < -0.39 is 0 Å². The lowest BCUT2D eigenvalue weighted by Crippen LogP contribution is -2.02. The highest BCUT2D eigenvalue weighted by Crippen LogP contribution is 2.39. The Labute approximate surface area is 224 Å². The van der Waals surface area contributed by atoms with Crippen molar-refractivity contribution in [2.24, 2.45) is 0 Å². The summed E-state index contributed by atoms with van der Waals surface area (Å²) in [5, 5.41) is 0. The molecule has 0 radical (unpaired) electrons. The molecular weight excluding hydrogens is 447 g/mol. The van der Waals surface area contributed by atoms with E-state index in [0.29, 0.717) is 20.9 Å². The third kappa shape index (κ3) is 33.9. The van der Waals surface area contributed by atoms with Crippen molar-refractivity contribution in [1.29, 1.82) is 0 Å². The molecule has 0 aliphatic heterocycles. The standard InChI is InChI=1S/C24H51P.C8H16O2/c1-4-7-10-13-16-19-22-25(23-20-17-14-11-8-5-2)24-21-18-15-12-9-6-3;1-3-5-6-7-8(9)10-4-2/h4-24H2,1-3H3;3-7H2,1-2H3. The van der Waals surface area contributed by atoms with E-state index in [1.54, 1.807) is 18.5 Å². The second-order valence-corrected chi connectivity index (χ2v) is 13.1. The fourth-order valence-corrected chi connectivity index (χ4v) is 7.12. The van der Waals surface area contributed by atoms with Crippen molar-refractivity contribution in [1.82, 2.24) is 0 Å². The lowest BCUT2D eigenvalue weighted by molar-refractivity contribution is -0.143. The van der Waals surface area contributed by atoms with Gasteiger partial charge in [0.2, 0.25) is 0 Å². The van der Waals surface area contributed by atoms with Gasteiger partial charge in [0, 0.05) is 6.42 Å². The van der Waals surface area contributed by atoms with Crippen molar-refractivity contribution in [3.63, 3.8) is 0 Å². The van der Waals surface area contributed by atoms with Crippen molar-refractivity contribution in [2.75, 3.05) is 25.1 Å². The molecule has 0 bridgehead atoms. The van der Waals surface area contributed by atoms with Gasteiger partial charge in [0.25, 0.3) is 0 Å². The van der Waals surface area contributed by atoms with E-state index >= 15 is 0 Å². The second kappa shape index (κ2) is 33.9. The van der Waals surface area contributed by atoms with Crippen LogP contribution in [-0.4, -0.2) is 31.1 Å². The number of rotatable bonds is 26. The summed E-state index contributed by atoms with van der Waals surface area (Å²) in [4.78, 5) is 10.7. The van der Waals surface area contributed by atoms with Gasteiger partial charge in [-0.2, -0.15) is 0 Å². The van der Waals surface area contributed by atoms with Crippen LogP contribution >= 0.6 is 7.92 Å². The summed E-state index contributed by atoms with van der Waals surface area (Å²) in [5.74, 6) is -0.0593. The van der Waals surface area contributed by atoms with Gasteiger partial charge in [0.1, 0.15) is 0 Å². The molecule has 2 nitrogen and oxygen atoms in total. The summed E-state index contributed by atoms with van der Waals surface area (Å²) in [6.07, 6.45) is 35.1. The Morgan fingerprint density at radius 2 is 0.771 bits per heavy atom. The van der Waals surface area contributed by atoms with Crippen LogP contribution in [0, 0.1) is 0 Å². The number of hydrogen-bond donors (Lipinski definition) is 0. The van der Waals surface area contributed by atoms with Crippen molar-refractivity contribution in [3.8, 4) is 0 Å². The zero-order chi connectivity index (χ0) is 26.2. The van der Waals surface area contributed by atoms with Crippen molar-refractivity contribution in [3.05, 3.63) is 0 Å². The zero-order valence-corrected chi connectivity index (χ0v) is 26.0. The van der Waals surface area contributed by atoms with Crippen molar-refractivity contribution >= 4 is 13.9 Å². The van der Waals surface area contributed by atoms with Gasteiger partial charge in [-0.3, -0.25) is 4.79 Å². The van der Waals surface area contributed by atoms with E-state index in [-0.39, 0.29) is 5.97 Å². The molecule has 0 aromatic rings. The molecule has 0 saturated heterocycles. The second-order valence-electron chi connectivity index (χ2n) is 10.4. The van der Waals surface area contributed by atoms with Gasteiger partial charge in [0.15, 0.2) is 0 Å². The molecule has 0 fully saturated rings. The molecule has 212 valence electrons. The Bertz CT molecular complexity index is 348. The van der Waals surface area contributed by atoms with Gasteiger partial charge < -0.3 is 4.74 Å². The van der Waals surface area contributed by atoms with Gasteiger partial charge in [-0.25, -0.2) is 0 Å². The van der Waals surface area contributed by atoms with Gasteiger partial charge in [0.05, 0.1) is 6.61 Å². The van der Waals surface area contributed by atoms with Gasteiger partial charge >= 0.3 is 5.97 Å². The monoisotopic (exact) mass is 514 g/mol. The predicted molar refractivity (Wildman–Crippen MR) is 162 cm³/mol. The molecule has 3 heteroatoms. The number of ether oxygens (including phenoxy) is 1. The third-order valence-corrected chi connectivity index (χ3v) is 9.62. The zero-order valence-electron chi connectivity index (χ0n) is 25.1. The number of hydrogen-bond acceptors (Lipinski definition) is 2. The Balaban J connectivity index is 0. The van der Waals surface area contributed by atoms with Crippen LogP contribution in [0.5, 0.6) is 0 Å². The largest absolute Gasteiger partial charge is 0.466 e. The average Bonchev–Trinajstić information content (AvgIpc) is 2.85. The lowest BCUT2D eigenvalue weighted by Gasteiger charge is -2.18.